The van der Waals surface area contributed by atoms with Crippen molar-refractivity contribution in [3.8, 4) is 16.3 Å². The van der Waals surface area contributed by atoms with E-state index >= 15 is 0 Å². The minimum atomic E-state index is -0.727. The van der Waals surface area contributed by atoms with E-state index in [0.717, 1.165) is 12.1 Å². The first-order valence-corrected chi connectivity index (χ1v) is 9.92. The maximum atomic E-state index is 14.6. The summed E-state index contributed by atoms with van der Waals surface area (Å²) in [5.74, 6) is -1.97. The van der Waals surface area contributed by atoms with E-state index < -0.39 is 17.5 Å². The van der Waals surface area contributed by atoms with Crippen LogP contribution in [0.3, 0.4) is 0 Å². The molecular weight excluding hydrogens is 401 g/mol. The molecule has 0 unspecified atom stereocenters. The fraction of sp³-hybridized carbons (Fsp3) is 0.238. The smallest absolute Gasteiger partial charge is 0.273 e. The second-order valence-corrected chi connectivity index (χ2v) is 7.04. The van der Waals surface area contributed by atoms with Gasteiger partial charge in [0.05, 0.1) is 0 Å². The molecule has 0 aliphatic carbocycles. The molecule has 152 valence electrons. The van der Waals surface area contributed by atoms with Crippen LogP contribution in [-0.2, 0) is 6.61 Å². The molecule has 0 bridgehead atoms. The number of carbonyl (C=O) groups excluding carboxylic acids is 1. The predicted molar refractivity (Wildman–Crippen MR) is 105 cm³/mol. The van der Waals surface area contributed by atoms with Crippen LogP contribution in [0.25, 0.3) is 10.6 Å². The first-order valence-electron chi connectivity index (χ1n) is 9.04. The summed E-state index contributed by atoms with van der Waals surface area (Å²) < 4.78 is 46.6. The van der Waals surface area contributed by atoms with Gasteiger partial charge in [-0.2, -0.15) is 0 Å². The number of aromatic nitrogens is 1. The summed E-state index contributed by atoms with van der Waals surface area (Å²) in [4.78, 5) is 18.3. The zero-order valence-electron chi connectivity index (χ0n) is 15.9. The zero-order chi connectivity index (χ0) is 21.0. The molecular formula is C21H19F3N2O2S. The Kier molecular flexibility index (Phi) is 6.53. The lowest BCUT2D eigenvalue weighted by atomic mass is 10.2. The van der Waals surface area contributed by atoms with Crippen LogP contribution in [-0.4, -0.2) is 28.9 Å². The standard InChI is InChI=1S/C21H19F3N2O2S/c1-3-26(4-2)21(27)19-12-29-20(25-19)16-8-7-15(10-18(16)24)28-11-13-5-6-14(22)9-17(13)23/h5-10,12H,3-4,11H2,1-2H3. The van der Waals surface area contributed by atoms with Crippen molar-refractivity contribution < 1.29 is 22.7 Å². The second-order valence-electron chi connectivity index (χ2n) is 6.18. The Morgan fingerprint density at radius 3 is 2.48 bits per heavy atom. The Hall–Kier alpha value is -2.87. The van der Waals surface area contributed by atoms with Crippen molar-refractivity contribution in [1.29, 1.82) is 0 Å². The Bertz CT molecular complexity index is 1020. The number of rotatable bonds is 7. The van der Waals surface area contributed by atoms with Crippen LogP contribution in [0.1, 0.15) is 29.9 Å². The Labute approximate surface area is 170 Å². The lowest BCUT2D eigenvalue weighted by molar-refractivity contribution is 0.0768. The summed E-state index contributed by atoms with van der Waals surface area (Å²) in [6.07, 6.45) is 0. The SMILES string of the molecule is CCN(CC)C(=O)c1csc(-c2ccc(OCc3ccc(F)cc3F)cc2F)n1. The van der Waals surface area contributed by atoms with Gasteiger partial charge in [0.2, 0.25) is 0 Å². The Balaban J connectivity index is 1.73. The quantitative estimate of drug-likeness (QED) is 0.522. The van der Waals surface area contributed by atoms with Gasteiger partial charge in [0.1, 0.15) is 40.5 Å². The monoisotopic (exact) mass is 420 g/mol. The topological polar surface area (TPSA) is 42.4 Å². The number of carbonyl (C=O) groups is 1. The molecule has 1 aromatic heterocycles. The third-order valence-electron chi connectivity index (χ3n) is 4.35. The highest BCUT2D eigenvalue weighted by atomic mass is 32.1. The van der Waals surface area contributed by atoms with Crippen molar-refractivity contribution in [3.63, 3.8) is 0 Å². The molecule has 29 heavy (non-hydrogen) atoms. The van der Waals surface area contributed by atoms with Gasteiger partial charge in [0.25, 0.3) is 5.91 Å². The van der Waals surface area contributed by atoms with Gasteiger partial charge in [-0.25, -0.2) is 18.2 Å². The van der Waals surface area contributed by atoms with Crippen molar-refractivity contribution in [2.45, 2.75) is 20.5 Å². The number of benzene rings is 2. The number of hydrogen-bond donors (Lipinski definition) is 0. The first kappa shape index (κ1) is 20.9. The molecule has 0 aliphatic rings. The molecule has 0 spiro atoms. The average molecular weight is 420 g/mol. The van der Waals surface area contributed by atoms with Crippen LogP contribution in [0.5, 0.6) is 5.75 Å². The molecule has 0 fully saturated rings. The maximum absolute atomic E-state index is 14.6. The lowest BCUT2D eigenvalue weighted by Gasteiger charge is -2.16. The van der Waals surface area contributed by atoms with Gasteiger partial charge in [0, 0.05) is 41.7 Å². The molecule has 0 saturated carbocycles. The van der Waals surface area contributed by atoms with E-state index in [0.29, 0.717) is 18.1 Å². The van der Waals surface area contributed by atoms with Crippen LogP contribution < -0.4 is 4.74 Å². The lowest BCUT2D eigenvalue weighted by Crippen LogP contribution is -2.30. The number of hydrogen-bond acceptors (Lipinski definition) is 4. The zero-order valence-corrected chi connectivity index (χ0v) is 16.7. The highest BCUT2D eigenvalue weighted by molar-refractivity contribution is 7.13. The van der Waals surface area contributed by atoms with Gasteiger partial charge < -0.3 is 9.64 Å². The van der Waals surface area contributed by atoms with Gasteiger partial charge in [0.15, 0.2) is 0 Å². The maximum Gasteiger partial charge on any atom is 0.273 e. The third-order valence-corrected chi connectivity index (χ3v) is 5.23. The van der Waals surface area contributed by atoms with Crippen molar-refractivity contribution in [1.82, 2.24) is 9.88 Å². The molecule has 0 saturated heterocycles. The summed E-state index contributed by atoms with van der Waals surface area (Å²) >= 11 is 1.18. The van der Waals surface area contributed by atoms with Crippen molar-refractivity contribution >= 4 is 17.2 Å². The van der Waals surface area contributed by atoms with Gasteiger partial charge >= 0.3 is 0 Å². The molecule has 3 rings (SSSR count). The van der Waals surface area contributed by atoms with E-state index in [1.165, 1.54) is 35.6 Å². The normalized spacial score (nSPS) is 10.8. The molecule has 0 radical (unpaired) electrons. The van der Waals surface area contributed by atoms with E-state index in [2.05, 4.69) is 4.98 Å². The Morgan fingerprint density at radius 2 is 1.83 bits per heavy atom. The van der Waals surface area contributed by atoms with E-state index in [-0.39, 0.29) is 35.1 Å². The van der Waals surface area contributed by atoms with Crippen LogP contribution in [0.4, 0.5) is 13.2 Å². The molecule has 0 aliphatic heterocycles. The van der Waals surface area contributed by atoms with E-state index in [1.807, 2.05) is 13.8 Å². The first-order chi connectivity index (χ1) is 13.9. The fourth-order valence-electron chi connectivity index (χ4n) is 2.73. The summed E-state index contributed by atoms with van der Waals surface area (Å²) in [5, 5.41) is 1.99. The van der Waals surface area contributed by atoms with E-state index in [1.54, 1.807) is 10.3 Å². The van der Waals surface area contributed by atoms with Gasteiger partial charge in [-0.15, -0.1) is 11.3 Å². The van der Waals surface area contributed by atoms with Crippen LogP contribution >= 0.6 is 11.3 Å². The number of ether oxygens (including phenoxy) is 1. The minimum absolute atomic E-state index is 0.162. The Morgan fingerprint density at radius 1 is 1.07 bits per heavy atom. The van der Waals surface area contributed by atoms with Crippen LogP contribution in [0.2, 0.25) is 0 Å². The highest BCUT2D eigenvalue weighted by Crippen LogP contribution is 2.29. The number of nitrogens with zero attached hydrogens (tertiary/aromatic N) is 2. The number of amides is 1. The van der Waals surface area contributed by atoms with Gasteiger partial charge in [-0.05, 0) is 38.1 Å². The van der Waals surface area contributed by atoms with Gasteiger partial charge in [-0.1, -0.05) is 0 Å². The molecule has 1 amide bonds. The van der Waals surface area contributed by atoms with E-state index in [4.69, 9.17) is 4.74 Å². The van der Waals surface area contributed by atoms with Crippen molar-refractivity contribution in [2.24, 2.45) is 0 Å². The van der Waals surface area contributed by atoms with E-state index in [9.17, 15) is 18.0 Å². The van der Waals surface area contributed by atoms with Crippen LogP contribution in [0.15, 0.2) is 41.8 Å². The minimum Gasteiger partial charge on any atom is -0.489 e. The average Bonchev–Trinajstić information content (AvgIpc) is 3.18. The van der Waals surface area contributed by atoms with Crippen molar-refractivity contribution in [3.05, 3.63) is 70.5 Å². The fourth-order valence-corrected chi connectivity index (χ4v) is 3.55. The predicted octanol–water partition coefficient (Wildman–Crippen LogP) is 5.29. The second kappa shape index (κ2) is 9.09. The summed E-state index contributed by atoms with van der Waals surface area (Å²) in [6, 6.07) is 7.37. The van der Waals surface area contributed by atoms with Gasteiger partial charge in [-0.3, -0.25) is 4.79 Å². The highest BCUT2D eigenvalue weighted by Gasteiger charge is 2.18. The molecule has 2 aromatic carbocycles. The molecule has 1 heterocycles. The number of thiazole rings is 1. The molecule has 3 aromatic rings. The molecule has 0 atom stereocenters. The summed E-state index contributed by atoms with van der Waals surface area (Å²) in [5.41, 5.74) is 0.685. The largest absolute Gasteiger partial charge is 0.489 e. The molecule has 0 N–H and O–H groups in total. The molecule has 4 nitrogen and oxygen atoms in total. The van der Waals surface area contributed by atoms with Crippen molar-refractivity contribution in [2.75, 3.05) is 13.1 Å². The third kappa shape index (κ3) is 4.76. The number of halogens is 3. The molecule has 8 heteroatoms. The van der Waals surface area contributed by atoms with Crippen LogP contribution in [0, 0.1) is 17.5 Å². The summed E-state index contributed by atoms with van der Waals surface area (Å²) in [6.45, 7) is 4.73. The summed E-state index contributed by atoms with van der Waals surface area (Å²) in [7, 11) is 0.